The first-order valence-electron chi connectivity index (χ1n) is 5.80. The quantitative estimate of drug-likeness (QED) is 0.796. The van der Waals surface area contributed by atoms with Crippen LogP contribution < -0.4 is 0 Å². The van der Waals surface area contributed by atoms with Crippen LogP contribution in [0.2, 0.25) is 5.15 Å². The van der Waals surface area contributed by atoms with Crippen LogP contribution in [0.4, 0.5) is 0 Å². The van der Waals surface area contributed by atoms with Gasteiger partial charge in [-0.2, -0.15) is 5.10 Å². The maximum Gasteiger partial charge on any atom is 0.266 e. The van der Waals surface area contributed by atoms with Crippen LogP contribution in [0.1, 0.15) is 26.5 Å². The molecule has 1 rings (SSSR count). The van der Waals surface area contributed by atoms with Gasteiger partial charge in [-0.05, 0) is 14.1 Å². The number of halogens is 2. The van der Waals surface area contributed by atoms with Crippen LogP contribution in [0.5, 0.6) is 0 Å². The van der Waals surface area contributed by atoms with E-state index in [0.29, 0.717) is 18.8 Å². The Morgan fingerprint density at radius 2 is 1.84 bits per heavy atom. The molecule has 8 heteroatoms. The molecule has 5 nitrogen and oxygen atoms in total. The van der Waals surface area contributed by atoms with Crippen LogP contribution in [-0.2, 0) is 21.0 Å². The van der Waals surface area contributed by atoms with Crippen molar-refractivity contribution in [2.45, 2.75) is 37.6 Å². The molecule has 0 amide bonds. The Kier molecular flexibility index (Phi) is 4.93. The summed E-state index contributed by atoms with van der Waals surface area (Å²) >= 11 is 6.12. The van der Waals surface area contributed by atoms with Crippen LogP contribution in [0.3, 0.4) is 0 Å². The fourth-order valence-corrected chi connectivity index (χ4v) is 3.53. The van der Waals surface area contributed by atoms with E-state index in [1.54, 1.807) is 0 Å². The Morgan fingerprint density at radius 3 is 2.16 bits per heavy atom. The molecule has 0 spiro atoms. The molecule has 0 atom stereocenters. The third kappa shape index (κ3) is 4.08. The lowest BCUT2D eigenvalue weighted by atomic mass is 9.92. The van der Waals surface area contributed by atoms with Gasteiger partial charge in [0.2, 0.25) is 0 Å². The number of likely N-dealkylation sites (N-methyl/N-ethyl adjacent to an activating group) is 1. The van der Waals surface area contributed by atoms with E-state index in [2.05, 4.69) is 5.10 Å². The molecule has 0 aliphatic heterocycles. The summed E-state index contributed by atoms with van der Waals surface area (Å²) in [7, 11) is 5.39. The second kappa shape index (κ2) is 5.60. The van der Waals surface area contributed by atoms with Gasteiger partial charge in [0.25, 0.3) is 9.05 Å². The van der Waals surface area contributed by atoms with Gasteiger partial charge in [0.1, 0.15) is 10.0 Å². The molecule has 0 aliphatic carbocycles. The molecule has 1 aromatic heterocycles. The molecule has 0 saturated heterocycles. The minimum absolute atomic E-state index is 0.0711. The first-order valence-corrected chi connectivity index (χ1v) is 8.49. The van der Waals surface area contributed by atoms with Gasteiger partial charge in [0, 0.05) is 22.6 Å². The minimum Gasteiger partial charge on any atom is -0.308 e. The Labute approximate surface area is 123 Å². The second-order valence-corrected chi connectivity index (χ2v) is 8.54. The first kappa shape index (κ1) is 16.8. The summed E-state index contributed by atoms with van der Waals surface area (Å²) in [5.74, 6) is 0. The van der Waals surface area contributed by atoms with Gasteiger partial charge in [0.15, 0.2) is 0 Å². The molecule has 19 heavy (non-hydrogen) atoms. The standard InChI is InChI=1S/C11H19Cl2N3O2S/c1-11(2,3)9-8(19(13,17)18)10(12)16(14-9)7-6-15(4)5/h6-7H2,1-5H3. The summed E-state index contributed by atoms with van der Waals surface area (Å²) in [6.07, 6.45) is 0. The number of rotatable bonds is 4. The summed E-state index contributed by atoms with van der Waals surface area (Å²) in [4.78, 5) is 1.88. The predicted molar refractivity (Wildman–Crippen MR) is 77.5 cm³/mol. The Balaban J connectivity index is 3.36. The van der Waals surface area contributed by atoms with Crippen molar-refractivity contribution in [2.24, 2.45) is 0 Å². The van der Waals surface area contributed by atoms with Gasteiger partial charge < -0.3 is 4.90 Å². The fourth-order valence-electron chi connectivity index (χ4n) is 1.57. The van der Waals surface area contributed by atoms with E-state index < -0.39 is 14.5 Å². The predicted octanol–water partition coefficient (Wildman–Crippen LogP) is 2.32. The topological polar surface area (TPSA) is 55.2 Å². The fraction of sp³-hybridized carbons (Fsp3) is 0.727. The molecule has 110 valence electrons. The Hall–Kier alpha value is -0.300. The molecule has 1 heterocycles. The van der Waals surface area contributed by atoms with Crippen molar-refractivity contribution in [3.05, 3.63) is 10.8 Å². The maximum atomic E-state index is 11.7. The Morgan fingerprint density at radius 1 is 1.32 bits per heavy atom. The van der Waals surface area contributed by atoms with E-state index in [1.807, 2.05) is 39.8 Å². The molecule has 0 aromatic carbocycles. The van der Waals surface area contributed by atoms with Crippen molar-refractivity contribution in [1.82, 2.24) is 14.7 Å². The van der Waals surface area contributed by atoms with Crippen LogP contribution in [0.25, 0.3) is 0 Å². The summed E-state index contributed by atoms with van der Waals surface area (Å²) in [5.41, 5.74) is -0.0594. The highest BCUT2D eigenvalue weighted by molar-refractivity contribution is 8.13. The van der Waals surface area contributed by atoms with Gasteiger partial charge >= 0.3 is 0 Å². The van der Waals surface area contributed by atoms with Crippen LogP contribution in [0, 0.1) is 0 Å². The molecule has 0 aliphatic rings. The summed E-state index contributed by atoms with van der Waals surface area (Å²) in [6, 6.07) is 0. The summed E-state index contributed by atoms with van der Waals surface area (Å²) in [5, 5.41) is 4.38. The number of nitrogens with zero attached hydrogens (tertiary/aromatic N) is 3. The highest BCUT2D eigenvalue weighted by atomic mass is 35.7. The molecule has 0 N–H and O–H groups in total. The molecular weight excluding hydrogens is 309 g/mol. The second-order valence-electron chi connectivity index (χ2n) is 5.68. The molecular formula is C11H19Cl2N3O2S. The zero-order chi connectivity index (χ0) is 15.0. The van der Waals surface area contributed by atoms with E-state index in [4.69, 9.17) is 22.3 Å². The highest BCUT2D eigenvalue weighted by Gasteiger charge is 2.32. The molecule has 1 aromatic rings. The van der Waals surface area contributed by atoms with Crippen molar-refractivity contribution in [2.75, 3.05) is 20.6 Å². The van der Waals surface area contributed by atoms with Gasteiger partial charge in [-0.1, -0.05) is 32.4 Å². The minimum atomic E-state index is -3.92. The van der Waals surface area contributed by atoms with Crippen molar-refractivity contribution in [1.29, 1.82) is 0 Å². The van der Waals surface area contributed by atoms with Gasteiger partial charge in [0.05, 0.1) is 12.2 Å². The number of hydrogen-bond acceptors (Lipinski definition) is 4. The highest BCUT2D eigenvalue weighted by Crippen LogP contribution is 2.35. The van der Waals surface area contributed by atoms with E-state index in [9.17, 15) is 8.42 Å². The lowest BCUT2D eigenvalue weighted by Crippen LogP contribution is -2.20. The Bertz CT molecular complexity index is 559. The van der Waals surface area contributed by atoms with E-state index in [0.717, 1.165) is 0 Å². The van der Waals surface area contributed by atoms with Gasteiger partial charge in [-0.3, -0.25) is 4.68 Å². The van der Waals surface area contributed by atoms with Crippen molar-refractivity contribution >= 4 is 31.3 Å². The summed E-state index contributed by atoms with van der Waals surface area (Å²) in [6.45, 7) is 6.81. The third-order valence-corrected chi connectivity index (χ3v) is 4.40. The molecule has 0 saturated carbocycles. The molecule has 0 unspecified atom stereocenters. The normalized spacial score (nSPS) is 13.3. The zero-order valence-corrected chi connectivity index (χ0v) is 14.1. The zero-order valence-electron chi connectivity index (χ0n) is 11.7. The maximum absolute atomic E-state index is 11.7. The van der Waals surface area contributed by atoms with Crippen molar-refractivity contribution in [3.63, 3.8) is 0 Å². The summed E-state index contributed by atoms with van der Waals surface area (Å²) < 4.78 is 24.9. The van der Waals surface area contributed by atoms with E-state index in [1.165, 1.54) is 4.68 Å². The largest absolute Gasteiger partial charge is 0.308 e. The van der Waals surface area contributed by atoms with Crippen molar-refractivity contribution in [3.8, 4) is 0 Å². The lowest BCUT2D eigenvalue weighted by Gasteiger charge is -2.16. The van der Waals surface area contributed by atoms with E-state index in [-0.39, 0.29) is 10.0 Å². The molecule has 0 radical (unpaired) electrons. The third-order valence-electron chi connectivity index (χ3n) is 2.56. The van der Waals surface area contributed by atoms with E-state index >= 15 is 0 Å². The molecule has 0 fully saturated rings. The smallest absolute Gasteiger partial charge is 0.266 e. The van der Waals surface area contributed by atoms with Crippen LogP contribution in [0.15, 0.2) is 4.90 Å². The lowest BCUT2D eigenvalue weighted by molar-refractivity contribution is 0.371. The number of aromatic nitrogens is 2. The van der Waals surface area contributed by atoms with Crippen molar-refractivity contribution < 1.29 is 8.42 Å². The van der Waals surface area contributed by atoms with Crippen LogP contribution in [-0.4, -0.2) is 43.7 Å². The SMILES string of the molecule is CN(C)CCn1nc(C(C)(C)C)c(S(=O)(=O)Cl)c1Cl. The number of hydrogen-bond donors (Lipinski definition) is 0. The average Bonchev–Trinajstić information content (AvgIpc) is 2.51. The average molecular weight is 328 g/mol. The monoisotopic (exact) mass is 327 g/mol. The van der Waals surface area contributed by atoms with Gasteiger partial charge in [-0.25, -0.2) is 8.42 Å². The molecule has 0 bridgehead atoms. The van der Waals surface area contributed by atoms with Gasteiger partial charge in [-0.15, -0.1) is 0 Å². The van der Waals surface area contributed by atoms with Crippen LogP contribution >= 0.6 is 22.3 Å². The first-order chi connectivity index (χ1) is 8.44.